The number of esters is 2. The monoisotopic (exact) mass is 417 g/mol. The molecule has 1 aliphatic rings. The van der Waals surface area contributed by atoms with Gasteiger partial charge in [0.25, 0.3) is 0 Å². The third-order valence-corrected chi connectivity index (χ3v) is 4.97. The smallest absolute Gasteiger partial charge is 0.308 e. The maximum Gasteiger partial charge on any atom is 0.308 e. The molecule has 29 heavy (non-hydrogen) atoms. The summed E-state index contributed by atoms with van der Waals surface area (Å²) in [6.07, 6.45) is 2.48. The first-order valence-electron chi connectivity index (χ1n) is 9.82. The lowest BCUT2D eigenvalue weighted by atomic mass is 9.84. The second-order valence-corrected chi connectivity index (χ2v) is 7.10. The summed E-state index contributed by atoms with van der Waals surface area (Å²) in [6.45, 7) is 6.47. The van der Waals surface area contributed by atoms with Gasteiger partial charge < -0.3 is 14.8 Å². The number of halogens is 1. The van der Waals surface area contributed by atoms with Gasteiger partial charge in [-0.2, -0.15) is 0 Å². The minimum atomic E-state index is -0.432. The van der Waals surface area contributed by atoms with Crippen LogP contribution in [0.1, 0.15) is 55.4 Å². The highest BCUT2D eigenvalue weighted by Gasteiger charge is 2.28. The maximum absolute atomic E-state index is 11.8. The van der Waals surface area contributed by atoms with Crippen molar-refractivity contribution >= 4 is 24.3 Å². The van der Waals surface area contributed by atoms with Crippen LogP contribution in [-0.2, 0) is 22.4 Å². The predicted molar refractivity (Wildman–Crippen MR) is 115 cm³/mol. The van der Waals surface area contributed by atoms with Gasteiger partial charge in [0.2, 0.25) is 0 Å². The Hall–Kier alpha value is -2.37. The molecule has 1 N–H and O–H groups in total. The Labute approximate surface area is 178 Å². The van der Waals surface area contributed by atoms with Crippen molar-refractivity contribution in [3.8, 4) is 11.5 Å². The quantitative estimate of drug-likeness (QED) is 0.583. The SMILES string of the molecule is CCCc1c2c(cc(OC(C)=O)c1OC(C)=O)C(c1ccccc1)CNCC2.Cl. The molecule has 5 nitrogen and oxygen atoms in total. The highest BCUT2D eigenvalue weighted by Crippen LogP contribution is 2.42. The molecule has 1 aliphatic heterocycles. The van der Waals surface area contributed by atoms with Gasteiger partial charge in [-0.25, -0.2) is 0 Å². The molecule has 1 atom stereocenters. The Morgan fingerprint density at radius 1 is 1.10 bits per heavy atom. The van der Waals surface area contributed by atoms with E-state index in [1.807, 2.05) is 24.3 Å². The molecule has 6 heteroatoms. The molecule has 0 amide bonds. The Morgan fingerprint density at radius 3 is 2.41 bits per heavy atom. The average Bonchev–Trinajstić information content (AvgIpc) is 2.87. The van der Waals surface area contributed by atoms with E-state index in [2.05, 4.69) is 24.4 Å². The molecule has 0 spiro atoms. The number of hydrogen-bond acceptors (Lipinski definition) is 5. The second kappa shape index (κ2) is 10.4. The first-order valence-corrected chi connectivity index (χ1v) is 9.82. The van der Waals surface area contributed by atoms with Crippen molar-refractivity contribution in [3.05, 3.63) is 58.7 Å². The third kappa shape index (κ3) is 5.37. The molecule has 2 aromatic rings. The van der Waals surface area contributed by atoms with Crippen molar-refractivity contribution in [2.24, 2.45) is 0 Å². The molecule has 1 unspecified atom stereocenters. The summed E-state index contributed by atoms with van der Waals surface area (Å²) in [6, 6.07) is 12.2. The van der Waals surface area contributed by atoms with Gasteiger partial charge in [-0.3, -0.25) is 9.59 Å². The van der Waals surface area contributed by atoms with Gasteiger partial charge >= 0.3 is 11.9 Å². The first-order chi connectivity index (χ1) is 13.5. The summed E-state index contributed by atoms with van der Waals surface area (Å²) in [5.74, 6) is -0.00407. The lowest BCUT2D eigenvalue weighted by molar-refractivity contribution is -0.134. The molecule has 0 fully saturated rings. The topological polar surface area (TPSA) is 64.6 Å². The number of rotatable bonds is 5. The van der Waals surface area contributed by atoms with Crippen LogP contribution in [0.4, 0.5) is 0 Å². The van der Waals surface area contributed by atoms with Crippen LogP contribution in [0.25, 0.3) is 0 Å². The summed E-state index contributed by atoms with van der Waals surface area (Å²) in [5, 5.41) is 3.52. The van der Waals surface area contributed by atoms with Crippen molar-refractivity contribution < 1.29 is 19.1 Å². The molecule has 0 bridgehead atoms. The normalized spacial score (nSPS) is 15.5. The lowest BCUT2D eigenvalue weighted by Gasteiger charge is -2.24. The largest absolute Gasteiger partial charge is 0.423 e. The minimum Gasteiger partial charge on any atom is -0.423 e. The molecule has 0 saturated heterocycles. The van der Waals surface area contributed by atoms with Crippen molar-refractivity contribution in [3.63, 3.8) is 0 Å². The summed E-state index contributed by atoms with van der Waals surface area (Å²) in [7, 11) is 0. The minimum absolute atomic E-state index is 0. The first kappa shape index (κ1) is 22.9. The summed E-state index contributed by atoms with van der Waals surface area (Å²) >= 11 is 0. The van der Waals surface area contributed by atoms with E-state index in [0.717, 1.165) is 43.5 Å². The second-order valence-electron chi connectivity index (χ2n) is 7.10. The van der Waals surface area contributed by atoms with Gasteiger partial charge in [-0.05, 0) is 42.1 Å². The van der Waals surface area contributed by atoms with Gasteiger partial charge in [0.1, 0.15) is 0 Å². The van der Waals surface area contributed by atoms with Crippen LogP contribution in [0.5, 0.6) is 11.5 Å². The van der Waals surface area contributed by atoms with Crippen LogP contribution >= 0.6 is 12.4 Å². The number of carbonyl (C=O) groups is 2. The number of fused-ring (bicyclic) bond motifs is 1. The van der Waals surface area contributed by atoms with Crippen molar-refractivity contribution in [2.75, 3.05) is 13.1 Å². The molecule has 1 heterocycles. The van der Waals surface area contributed by atoms with Crippen LogP contribution in [0, 0.1) is 0 Å². The van der Waals surface area contributed by atoms with E-state index in [-0.39, 0.29) is 18.3 Å². The van der Waals surface area contributed by atoms with E-state index in [1.54, 1.807) is 0 Å². The van der Waals surface area contributed by atoms with Crippen LogP contribution in [0.15, 0.2) is 36.4 Å². The van der Waals surface area contributed by atoms with E-state index in [1.165, 1.54) is 25.0 Å². The maximum atomic E-state index is 11.8. The van der Waals surface area contributed by atoms with Gasteiger partial charge in [0.15, 0.2) is 11.5 Å². The van der Waals surface area contributed by atoms with Crippen LogP contribution in [0.3, 0.4) is 0 Å². The van der Waals surface area contributed by atoms with E-state index >= 15 is 0 Å². The molecule has 0 radical (unpaired) electrons. The standard InChI is InChI=1S/C23H27NO4.ClH/c1-4-8-19-18-11-12-24-14-21(17-9-6-5-7-10-17)20(18)13-22(27-15(2)25)23(19)28-16(3)26;/h5-7,9-10,13,21,24H,4,8,11-12,14H2,1-3H3;1H. The lowest BCUT2D eigenvalue weighted by Crippen LogP contribution is -2.20. The van der Waals surface area contributed by atoms with E-state index in [4.69, 9.17) is 9.47 Å². The van der Waals surface area contributed by atoms with E-state index < -0.39 is 11.9 Å². The number of ether oxygens (including phenoxy) is 2. The van der Waals surface area contributed by atoms with E-state index in [9.17, 15) is 9.59 Å². The molecule has 3 rings (SSSR count). The average molecular weight is 418 g/mol. The molecule has 0 aliphatic carbocycles. The van der Waals surface area contributed by atoms with Gasteiger partial charge in [-0.15, -0.1) is 12.4 Å². The molecular weight excluding hydrogens is 390 g/mol. The third-order valence-electron chi connectivity index (χ3n) is 4.97. The van der Waals surface area contributed by atoms with Gasteiger partial charge in [0, 0.05) is 31.9 Å². The van der Waals surface area contributed by atoms with Gasteiger partial charge in [-0.1, -0.05) is 43.7 Å². The Morgan fingerprint density at radius 2 is 1.79 bits per heavy atom. The Kier molecular flexibility index (Phi) is 8.23. The molecule has 2 aromatic carbocycles. The van der Waals surface area contributed by atoms with Crippen molar-refractivity contribution in [1.82, 2.24) is 5.32 Å². The highest BCUT2D eigenvalue weighted by molar-refractivity contribution is 5.85. The number of carbonyl (C=O) groups excluding carboxylic acids is 2. The fourth-order valence-electron chi connectivity index (χ4n) is 3.91. The number of hydrogen-bond donors (Lipinski definition) is 1. The summed E-state index contributed by atoms with van der Waals surface area (Å²) in [5.41, 5.74) is 4.49. The number of nitrogens with one attached hydrogen (secondary N) is 1. The summed E-state index contributed by atoms with van der Waals surface area (Å²) < 4.78 is 11.0. The molecule has 156 valence electrons. The highest BCUT2D eigenvalue weighted by atomic mass is 35.5. The molecule has 0 saturated carbocycles. The fraction of sp³-hybridized carbons (Fsp3) is 0.391. The van der Waals surface area contributed by atoms with Gasteiger partial charge in [0.05, 0.1) is 0 Å². The number of benzene rings is 2. The zero-order valence-electron chi connectivity index (χ0n) is 17.1. The Bertz CT molecular complexity index is 867. The molecular formula is C23H28ClNO4. The summed E-state index contributed by atoms with van der Waals surface area (Å²) in [4.78, 5) is 23.5. The Balaban J connectivity index is 0.00000300. The van der Waals surface area contributed by atoms with Crippen LogP contribution in [-0.4, -0.2) is 25.0 Å². The fourth-order valence-corrected chi connectivity index (χ4v) is 3.91. The van der Waals surface area contributed by atoms with E-state index in [0.29, 0.717) is 11.5 Å². The van der Waals surface area contributed by atoms with Crippen molar-refractivity contribution in [1.29, 1.82) is 0 Å². The van der Waals surface area contributed by atoms with Crippen LogP contribution < -0.4 is 14.8 Å². The molecule has 0 aromatic heterocycles. The predicted octanol–water partition coefficient (Wildman–Crippen LogP) is 4.19. The van der Waals surface area contributed by atoms with Crippen molar-refractivity contribution in [2.45, 2.75) is 46.0 Å². The van der Waals surface area contributed by atoms with Crippen LogP contribution in [0.2, 0.25) is 0 Å². The zero-order chi connectivity index (χ0) is 20.1. The zero-order valence-corrected chi connectivity index (χ0v) is 17.9.